The molecule has 15 heavy (non-hydrogen) atoms. The van der Waals surface area contributed by atoms with Gasteiger partial charge in [0.05, 0.1) is 11.0 Å². The molecule has 1 aliphatic heterocycles. The number of likely N-dealkylation sites (tertiary alicyclic amines) is 1. The highest BCUT2D eigenvalue weighted by Crippen LogP contribution is 2.21. The smallest absolute Gasteiger partial charge is 0.239 e. The Morgan fingerprint density at radius 2 is 2.60 bits per heavy atom. The van der Waals surface area contributed by atoms with Crippen LogP contribution in [0.2, 0.25) is 0 Å². The van der Waals surface area contributed by atoms with Gasteiger partial charge in [-0.25, -0.2) is 4.98 Å². The predicted molar refractivity (Wildman–Crippen MR) is 59.7 cm³/mol. The van der Waals surface area contributed by atoms with Crippen molar-refractivity contribution in [2.45, 2.75) is 25.3 Å². The van der Waals surface area contributed by atoms with Crippen LogP contribution in [0.4, 0.5) is 0 Å². The highest BCUT2D eigenvalue weighted by Gasteiger charge is 2.29. The second-order valence-corrected chi connectivity index (χ2v) is 4.88. The average molecular weight is 225 g/mol. The molecular formula is C10H15N3OS. The van der Waals surface area contributed by atoms with Gasteiger partial charge in [0.1, 0.15) is 0 Å². The molecule has 2 unspecified atom stereocenters. The van der Waals surface area contributed by atoms with E-state index >= 15 is 0 Å². The van der Waals surface area contributed by atoms with Crippen molar-refractivity contribution in [3.63, 3.8) is 0 Å². The summed E-state index contributed by atoms with van der Waals surface area (Å²) in [5.74, 6) is 0.387. The molecule has 0 radical (unpaired) electrons. The maximum absolute atomic E-state index is 11.6. The number of amides is 1. The fraction of sp³-hybridized carbons (Fsp3) is 0.600. The van der Waals surface area contributed by atoms with E-state index in [0.29, 0.717) is 5.92 Å². The van der Waals surface area contributed by atoms with E-state index in [2.05, 4.69) is 11.9 Å². The van der Waals surface area contributed by atoms with Crippen LogP contribution in [0.5, 0.6) is 0 Å². The maximum atomic E-state index is 11.6. The summed E-state index contributed by atoms with van der Waals surface area (Å²) >= 11 is 1.64. The summed E-state index contributed by atoms with van der Waals surface area (Å²) in [6.45, 7) is 3.62. The number of nitrogens with two attached hydrogens (primary N) is 1. The Balaban J connectivity index is 1.95. The Morgan fingerprint density at radius 1 is 1.80 bits per heavy atom. The number of hydrogen-bond acceptors (Lipinski definition) is 4. The molecule has 2 rings (SSSR count). The zero-order valence-electron chi connectivity index (χ0n) is 8.72. The fourth-order valence-corrected chi connectivity index (χ4v) is 2.52. The molecule has 1 aromatic rings. The minimum absolute atomic E-state index is 0.0819. The number of carbonyl (C=O) groups is 1. The standard InChI is InChI=1S/C10H15N3OS/c1-7(9-12-3-5-15-9)6-13-4-2-8(11)10(13)14/h3,5,7-8H,2,4,6,11H2,1H3. The van der Waals surface area contributed by atoms with E-state index in [9.17, 15) is 4.79 Å². The number of carbonyl (C=O) groups excluding carboxylic acids is 1. The van der Waals surface area contributed by atoms with Gasteiger partial charge in [-0.3, -0.25) is 4.79 Å². The number of rotatable bonds is 3. The Kier molecular flexibility index (Phi) is 3.02. The molecule has 0 aromatic carbocycles. The van der Waals surface area contributed by atoms with E-state index in [0.717, 1.165) is 24.5 Å². The summed E-state index contributed by atoms with van der Waals surface area (Å²) in [4.78, 5) is 17.7. The molecule has 4 nitrogen and oxygen atoms in total. The van der Waals surface area contributed by atoms with Crippen LogP contribution in [0.1, 0.15) is 24.3 Å². The molecule has 5 heteroatoms. The normalized spacial score (nSPS) is 23.5. The molecule has 1 fully saturated rings. The predicted octanol–water partition coefficient (Wildman–Crippen LogP) is 0.806. The van der Waals surface area contributed by atoms with Gasteiger partial charge in [-0.2, -0.15) is 0 Å². The van der Waals surface area contributed by atoms with E-state index in [1.165, 1.54) is 0 Å². The van der Waals surface area contributed by atoms with E-state index in [4.69, 9.17) is 5.73 Å². The minimum atomic E-state index is -0.284. The molecule has 1 aromatic heterocycles. The molecule has 82 valence electrons. The highest BCUT2D eigenvalue weighted by molar-refractivity contribution is 7.09. The highest BCUT2D eigenvalue weighted by atomic mass is 32.1. The van der Waals surface area contributed by atoms with Gasteiger partial charge in [0.15, 0.2) is 0 Å². The summed E-state index contributed by atoms with van der Waals surface area (Å²) in [5.41, 5.74) is 5.66. The first-order chi connectivity index (χ1) is 7.18. The molecule has 2 N–H and O–H groups in total. The van der Waals surface area contributed by atoms with E-state index in [1.54, 1.807) is 17.5 Å². The molecule has 1 aliphatic rings. The van der Waals surface area contributed by atoms with Gasteiger partial charge in [-0.15, -0.1) is 11.3 Å². The topological polar surface area (TPSA) is 59.2 Å². The third kappa shape index (κ3) is 2.18. The lowest BCUT2D eigenvalue weighted by Gasteiger charge is -2.19. The van der Waals surface area contributed by atoms with Gasteiger partial charge >= 0.3 is 0 Å². The SMILES string of the molecule is CC(CN1CCC(N)C1=O)c1nccs1. The summed E-state index contributed by atoms with van der Waals surface area (Å²) in [5, 5.41) is 3.05. The second kappa shape index (κ2) is 4.28. The second-order valence-electron chi connectivity index (χ2n) is 3.95. The van der Waals surface area contributed by atoms with Gasteiger partial charge in [0.25, 0.3) is 0 Å². The summed E-state index contributed by atoms with van der Waals surface area (Å²) < 4.78 is 0. The number of aromatic nitrogens is 1. The molecule has 2 atom stereocenters. The summed E-state index contributed by atoms with van der Waals surface area (Å²) in [6, 6.07) is -0.284. The first-order valence-electron chi connectivity index (χ1n) is 5.12. The van der Waals surface area contributed by atoms with Crippen molar-refractivity contribution >= 4 is 17.2 Å². The monoisotopic (exact) mass is 225 g/mol. The Labute approximate surface area is 93.1 Å². The van der Waals surface area contributed by atoms with Crippen LogP contribution in [0, 0.1) is 0 Å². The van der Waals surface area contributed by atoms with Crippen molar-refractivity contribution in [1.82, 2.24) is 9.88 Å². The molecular weight excluding hydrogens is 210 g/mol. The summed E-state index contributed by atoms with van der Waals surface area (Å²) in [6.07, 6.45) is 2.58. The summed E-state index contributed by atoms with van der Waals surface area (Å²) in [7, 11) is 0. The van der Waals surface area contributed by atoms with Crippen molar-refractivity contribution in [3.8, 4) is 0 Å². The number of nitrogens with zero attached hydrogens (tertiary/aromatic N) is 2. The van der Waals surface area contributed by atoms with Crippen LogP contribution in [0.3, 0.4) is 0 Å². The molecule has 0 spiro atoms. The van der Waals surface area contributed by atoms with Crippen LogP contribution in [0.25, 0.3) is 0 Å². The van der Waals surface area contributed by atoms with Gasteiger partial charge in [0, 0.05) is 30.6 Å². The quantitative estimate of drug-likeness (QED) is 0.828. The van der Waals surface area contributed by atoms with Crippen LogP contribution in [-0.4, -0.2) is 34.9 Å². The van der Waals surface area contributed by atoms with Crippen molar-refractivity contribution < 1.29 is 4.79 Å². The van der Waals surface area contributed by atoms with Gasteiger partial charge < -0.3 is 10.6 Å². The first kappa shape index (κ1) is 10.6. The van der Waals surface area contributed by atoms with Crippen LogP contribution < -0.4 is 5.73 Å². The molecule has 0 aliphatic carbocycles. The molecule has 1 amide bonds. The lowest BCUT2D eigenvalue weighted by molar-refractivity contribution is -0.128. The lowest BCUT2D eigenvalue weighted by atomic mass is 10.2. The van der Waals surface area contributed by atoms with Crippen LogP contribution in [0.15, 0.2) is 11.6 Å². The van der Waals surface area contributed by atoms with Crippen molar-refractivity contribution in [3.05, 3.63) is 16.6 Å². The van der Waals surface area contributed by atoms with Gasteiger partial charge in [-0.1, -0.05) is 6.92 Å². The number of hydrogen-bond donors (Lipinski definition) is 1. The molecule has 0 bridgehead atoms. The number of thiazole rings is 1. The van der Waals surface area contributed by atoms with Gasteiger partial charge in [-0.05, 0) is 6.42 Å². The van der Waals surface area contributed by atoms with E-state index in [1.807, 2.05) is 10.3 Å². The van der Waals surface area contributed by atoms with E-state index in [-0.39, 0.29) is 11.9 Å². The van der Waals surface area contributed by atoms with Crippen molar-refractivity contribution in [2.24, 2.45) is 5.73 Å². The first-order valence-corrected chi connectivity index (χ1v) is 6.00. The lowest BCUT2D eigenvalue weighted by Crippen LogP contribution is -2.35. The maximum Gasteiger partial charge on any atom is 0.239 e. The Bertz CT molecular complexity index is 338. The zero-order valence-corrected chi connectivity index (χ0v) is 9.54. The average Bonchev–Trinajstić information content (AvgIpc) is 2.83. The van der Waals surface area contributed by atoms with Crippen LogP contribution >= 0.6 is 11.3 Å². The third-order valence-electron chi connectivity index (χ3n) is 2.71. The largest absolute Gasteiger partial charge is 0.341 e. The minimum Gasteiger partial charge on any atom is -0.341 e. The molecule has 1 saturated heterocycles. The molecule has 0 saturated carbocycles. The third-order valence-corrected chi connectivity index (χ3v) is 3.71. The Morgan fingerprint density at radius 3 is 3.13 bits per heavy atom. The molecule has 2 heterocycles. The van der Waals surface area contributed by atoms with Crippen molar-refractivity contribution in [1.29, 1.82) is 0 Å². The zero-order chi connectivity index (χ0) is 10.8. The Hall–Kier alpha value is -0.940. The van der Waals surface area contributed by atoms with E-state index < -0.39 is 0 Å². The van der Waals surface area contributed by atoms with Crippen molar-refractivity contribution in [2.75, 3.05) is 13.1 Å². The van der Waals surface area contributed by atoms with Gasteiger partial charge in [0.2, 0.25) is 5.91 Å². The van der Waals surface area contributed by atoms with Crippen LogP contribution in [-0.2, 0) is 4.79 Å². The fourth-order valence-electron chi connectivity index (χ4n) is 1.83.